The first-order valence-corrected chi connectivity index (χ1v) is 13.5. The van der Waals surface area contributed by atoms with Crippen molar-refractivity contribution in [2.45, 2.75) is 57.3 Å². The number of carbonyl (C=O) groups excluding carboxylic acids is 1. The molecule has 0 atom stereocenters. The Hall–Kier alpha value is -2.97. The first-order chi connectivity index (χ1) is 17.3. The van der Waals surface area contributed by atoms with Gasteiger partial charge in [-0.2, -0.15) is 0 Å². The molecule has 3 aromatic carbocycles. The van der Waals surface area contributed by atoms with Gasteiger partial charge in [0.15, 0.2) is 5.78 Å². The van der Waals surface area contributed by atoms with Crippen LogP contribution in [0.3, 0.4) is 0 Å². The molecule has 35 heavy (non-hydrogen) atoms. The minimum Gasteiger partial charge on any atom is -0.303 e. The summed E-state index contributed by atoms with van der Waals surface area (Å²) in [5, 5.41) is 0. The van der Waals surface area contributed by atoms with Gasteiger partial charge in [-0.1, -0.05) is 103 Å². The Kier molecular flexibility index (Phi) is 7.90. The Morgan fingerprint density at radius 2 is 1.29 bits per heavy atom. The first-order valence-electron chi connectivity index (χ1n) is 13.5. The molecular formula is C33H37NO. The molecule has 0 spiro atoms. The molecule has 1 heterocycles. The molecule has 0 amide bonds. The van der Waals surface area contributed by atoms with Crippen molar-refractivity contribution in [3.05, 3.63) is 113 Å². The van der Waals surface area contributed by atoms with Crippen LogP contribution in [0.2, 0.25) is 0 Å². The molecule has 2 nitrogen and oxygen atoms in total. The summed E-state index contributed by atoms with van der Waals surface area (Å²) in [5.74, 6) is 0.998. The van der Waals surface area contributed by atoms with E-state index in [1.807, 2.05) is 0 Å². The molecule has 0 radical (unpaired) electrons. The van der Waals surface area contributed by atoms with E-state index in [-0.39, 0.29) is 5.78 Å². The van der Waals surface area contributed by atoms with E-state index in [4.69, 9.17) is 0 Å². The van der Waals surface area contributed by atoms with E-state index in [0.717, 1.165) is 44.5 Å². The zero-order valence-corrected chi connectivity index (χ0v) is 20.8. The summed E-state index contributed by atoms with van der Waals surface area (Å²) in [6, 6.07) is 30.1. The van der Waals surface area contributed by atoms with Gasteiger partial charge in [0.25, 0.3) is 0 Å². The van der Waals surface area contributed by atoms with Crippen molar-refractivity contribution in [1.82, 2.24) is 4.90 Å². The number of hydrogen-bond acceptors (Lipinski definition) is 2. The fourth-order valence-electron chi connectivity index (χ4n) is 5.89. The summed E-state index contributed by atoms with van der Waals surface area (Å²) < 4.78 is 0. The third-order valence-electron chi connectivity index (χ3n) is 7.88. The van der Waals surface area contributed by atoms with Crippen LogP contribution in [0.4, 0.5) is 0 Å². The quantitative estimate of drug-likeness (QED) is 0.316. The smallest absolute Gasteiger partial charge is 0.162 e. The summed E-state index contributed by atoms with van der Waals surface area (Å²) in [6.07, 6.45) is 9.06. The van der Waals surface area contributed by atoms with Gasteiger partial charge in [0.2, 0.25) is 0 Å². The maximum Gasteiger partial charge on any atom is 0.162 e. The summed E-state index contributed by atoms with van der Waals surface area (Å²) in [5.41, 5.74) is 7.88. The summed E-state index contributed by atoms with van der Waals surface area (Å²) >= 11 is 0. The van der Waals surface area contributed by atoms with Gasteiger partial charge in [0.1, 0.15) is 0 Å². The van der Waals surface area contributed by atoms with Crippen LogP contribution in [0.25, 0.3) is 5.57 Å². The molecule has 3 aromatic rings. The van der Waals surface area contributed by atoms with Crippen molar-refractivity contribution in [3.63, 3.8) is 0 Å². The van der Waals surface area contributed by atoms with E-state index in [1.165, 1.54) is 47.9 Å². The second-order valence-corrected chi connectivity index (χ2v) is 10.2. The Balaban J connectivity index is 1.15. The van der Waals surface area contributed by atoms with Crippen molar-refractivity contribution < 1.29 is 4.79 Å². The topological polar surface area (TPSA) is 20.3 Å². The fraction of sp³-hybridized carbons (Fsp3) is 0.364. The van der Waals surface area contributed by atoms with Crippen LogP contribution < -0.4 is 0 Å². The van der Waals surface area contributed by atoms with Gasteiger partial charge in [0.05, 0.1) is 0 Å². The predicted octanol–water partition coefficient (Wildman–Crippen LogP) is 7.91. The maximum absolute atomic E-state index is 12.7. The molecule has 2 aliphatic rings. The number of benzene rings is 3. The van der Waals surface area contributed by atoms with E-state index in [1.54, 1.807) is 5.57 Å². The number of Topliss-reactive ketones (excluding diaryl/α,β-unsaturated/α-hetero) is 1. The lowest BCUT2D eigenvalue weighted by Gasteiger charge is -2.30. The molecule has 2 heteroatoms. The SMILES string of the molecule is O=C(CCCN1CCC(=C(c2ccccc2)c2ccccc2)CC1)c1ccc(C2CCCC2)cc1. The molecule has 1 aliphatic carbocycles. The van der Waals surface area contributed by atoms with Gasteiger partial charge in [-0.3, -0.25) is 4.79 Å². The maximum atomic E-state index is 12.7. The average molecular weight is 464 g/mol. The van der Waals surface area contributed by atoms with E-state index < -0.39 is 0 Å². The van der Waals surface area contributed by atoms with Crippen LogP contribution in [0.1, 0.15) is 84.3 Å². The van der Waals surface area contributed by atoms with Gasteiger partial charge in [-0.05, 0) is 66.8 Å². The zero-order chi connectivity index (χ0) is 23.9. The zero-order valence-electron chi connectivity index (χ0n) is 20.8. The summed E-state index contributed by atoms with van der Waals surface area (Å²) in [6.45, 7) is 3.15. The summed E-state index contributed by atoms with van der Waals surface area (Å²) in [7, 11) is 0. The van der Waals surface area contributed by atoms with Crippen LogP contribution in [0.5, 0.6) is 0 Å². The second-order valence-electron chi connectivity index (χ2n) is 10.2. The number of ketones is 1. The highest BCUT2D eigenvalue weighted by Crippen LogP contribution is 2.34. The van der Waals surface area contributed by atoms with Crippen LogP contribution >= 0.6 is 0 Å². The Labute approximate surface area is 210 Å². The highest BCUT2D eigenvalue weighted by Gasteiger charge is 2.20. The molecule has 1 aliphatic heterocycles. The molecule has 0 aromatic heterocycles. The van der Waals surface area contributed by atoms with Crippen molar-refractivity contribution in [1.29, 1.82) is 0 Å². The Bertz CT molecular complexity index is 1070. The van der Waals surface area contributed by atoms with Crippen molar-refractivity contribution in [2.75, 3.05) is 19.6 Å². The Morgan fingerprint density at radius 1 is 0.714 bits per heavy atom. The largest absolute Gasteiger partial charge is 0.303 e. The Morgan fingerprint density at radius 3 is 1.86 bits per heavy atom. The molecular weight excluding hydrogens is 426 g/mol. The van der Waals surface area contributed by atoms with Crippen LogP contribution in [0, 0.1) is 0 Å². The molecule has 1 saturated heterocycles. The van der Waals surface area contributed by atoms with Gasteiger partial charge in [0, 0.05) is 25.1 Å². The van der Waals surface area contributed by atoms with Crippen molar-refractivity contribution in [2.24, 2.45) is 0 Å². The third kappa shape index (κ3) is 6.00. The predicted molar refractivity (Wildman–Crippen MR) is 146 cm³/mol. The van der Waals surface area contributed by atoms with Gasteiger partial charge >= 0.3 is 0 Å². The van der Waals surface area contributed by atoms with Crippen molar-refractivity contribution >= 4 is 11.4 Å². The minimum absolute atomic E-state index is 0.288. The first kappa shape index (κ1) is 23.8. The molecule has 5 rings (SSSR count). The van der Waals surface area contributed by atoms with Gasteiger partial charge < -0.3 is 4.90 Å². The number of rotatable bonds is 8. The number of hydrogen-bond donors (Lipinski definition) is 0. The van der Waals surface area contributed by atoms with E-state index >= 15 is 0 Å². The average Bonchev–Trinajstić information content (AvgIpc) is 3.46. The van der Waals surface area contributed by atoms with Crippen LogP contribution in [-0.4, -0.2) is 30.3 Å². The standard InChI is InChI=1S/C33H37NO/c35-32(28-19-17-27(18-20-28)26-10-7-8-11-26)16-9-23-34-24-21-31(22-25-34)33(29-12-3-1-4-13-29)30-14-5-2-6-15-30/h1-6,12-15,17-20,26H,7-11,16,21-25H2. The van der Waals surface area contributed by atoms with Crippen LogP contribution in [0.15, 0.2) is 90.5 Å². The summed E-state index contributed by atoms with van der Waals surface area (Å²) in [4.78, 5) is 15.3. The van der Waals surface area contributed by atoms with E-state index in [2.05, 4.69) is 89.8 Å². The molecule has 1 saturated carbocycles. The van der Waals surface area contributed by atoms with Gasteiger partial charge in [-0.15, -0.1) is 0 Å². The lowest BCUT2D eigenvalue weighted by atomic mass is 9.88. The normalized spacial score (nSPS) is 17.0. The van der Waals surface area contributed by atoms with Crippen molar-refractivity contribution in [3.8, 4) is 0 Å². The molecule has 0 N–H and O–H groups in total. The van der Waals surface area contributed by atoms with Gasteiger partial charge in [-0.25, -0.2) is 0 Å². The second kappa shape index (κ2) is 11.6. The van der Waals surface area contributed by atoms with E-state index in [9.17, 15) is 4.79 Å². The van der Waals surface area contributed by atoms with Crippen LogP contribution in [-0.2, 0) is 0 Å². The highest BCUT2D eigenvalue weighted by atomic mass is 16.1. The molecule has 0 bridgehead atoms. The molecule has 2 fully saturated rings. The lowest BCUT2D eigenvalue weighted by Crippen LogP contribution is -2.32. The fourth-order valence-corrected chi connectivity index (χ4v) is 5.89. The number of likely N-dealkylation sites (tertiary alicyclic amines) is 1. The number of piperidine rings is 1. The minimum atomic E-state index is 0.288. The lowest BCUT2D eigenvalue weighted by molar-refractivity contribution is 0.0974. The number of nitrogens with zero attached hydrogens (tertiary/aromatic N) is 1. The monoisotopic (exact) mass is 463 g/mol. The molecule has 0 unspecified atom stereocenters. The number of carbonyl (C=O) groups is 1. The third-order valence-corrected chi connectivity index (χ3v) is 7.88. The highest BCUT2D eigenvalue weighted by molar-refractivity contribution is 5.96. The van der Waals surface area contributed by atoms with E-state index in [0.29, 0.717) is 12.3 Å². The molecule has 180 valence electrons.